The Hall–Kier alpha value is -2.41. The summed E-state index contributed by atoms with van der Waals surface area (Å²) in [6.07, 6.45) is 1.67. The summed E-state index contributed by atoms with van der Waals surface area (Å²) in [5.41, 5.74) is 1.66. The molecule has 1 amide bonds. The standard InChI is InChI=1S/C21H13ClFNO2S2/c22-16-10-14(6-8-17(16)23)18-9-7-15(26-18)11-19-20(25)24(21(27)28-19)12-13-4-2-1-3-5-13/h1-11H,12H2/b19-11+. The van der Waals surface area contributed by atoms with Crippen LogP contribution in [0.5, 0.6) is 0 Å². The zero-order valence-electron chi connectivity index (χ0n) is 14.4. The summed E-state index contributed by atoms with van der Waals surface area (Å²) in [5, 5.41) is 0.0252. The molecule has 0 atom stereocenters. The van der Waals surface area contributed by atoms with E-state index in [0.29, 0.717) is 32.9 Å². The largest absolute Gasteiger partial charge is 0.457 e. The third-order valence-corrected chi connectivity index (χ3v) is 5.83. The number of nitrogens with zero attached hydrogens (tertiary/aromatic N) is 1. The molecule has 28 heavy (non-hydrogen) atoms. The lowest BCUT2D eigenvalue weighted by atomic mass is 10.2. The Kier molecular flexibility index (Phi) is 5.35. The van der Waals surface area contributed by atoms with Crippen molar-refractivity contribution < 1.29 is 13.6 Å². The van der Waals surface area contributed by atoms with Crippen LogP contribution in [0.4, 0.5) is 4.39 Å². The third kappa shape index (κ3) is 3.90. The van der Waals surface area contributed by atoms with Crippen molar-refractivity contribution in [2.45, 2.75) is 6.54 Å². The van der Waals surface area contributed by atoms with E-state index in [2.05, 4.69) is 0 Å². The van der Waals surface area contributed by atoms with E-state index >= 15 is 0 Å². The maximum atomic E-state index is 13.3. The van der Waals surface area contributed by atoms with Crippen LogP contribution in [-0.4, -0.2) is 15.1 Å². The quantitative estimate of drug-likeness (QED) is 0.368. The Labute approximate surface area is 175 Å². The zero-order chi connectivity index (χ0) is 19.7. The Balaban J connectivity index is 1.55. The van der Waals surface area contributed by atoms with Crippen molar-refractivity contribution in [2.24, 2.45) is 0 Å². The van der Waals surface area contributed by atoms with Crippen LogP contribution in [0.15, 0.2) is 70.0 Å². The van der Waals surface area contributed by atoms with Gasteiger partial charge in [-0.05, 0) is 35.9 Å². The van der Waals surface area contributed by atoms with Crippen LogP contribution in [0.3, 0.4) is 0 Å². The molecule has 0 saturated carbocycles. The fraction of sp³-hybridized carbons (Fsp3) is 0.0476. The maximum Gasteiger partial charge on any atom is 0.266 e. The van der Waals surface area contributed by atoms with Gasteiger partial charge < -0.3 is 4.42 Å². The maximum absolute atomic E-state index is 13.3. The van der Waals surface area contributed by atoms with E-state index in [4.69, 9.17) is 28.2 Å². The van der Waals surface area contributed by atoms with Crippen LogP contribution in [0.25, 0.3) is 17.4 Å². The van der Waals surface area contributed by atoms with Crippen LogP contribution in [0, 0.1) is 5.82 Å². The van der Waals surface area contributed by atoms with Crippen LogP contribution < -0.4 is 0 Å². The fourth-order valence-corrected chi connectivity index (χ4v) is 4.18. The van der Waals surface area contributed by atoms with Crippen molar-refractivity contribution in [1.29, 1.82) is 0 Å². The molecule has 1 aromatic heterocycles. The van der Waals surface area contributed by atoms with E-state index in [-0.39, 0.29) is 10.9 Å². The molecule has 0 unspecified atom stereocenters. The zero-order valence-corrected chi connectivity index (χ0v) is 16.8. The monoisotopic (exact) mass is 429 g/mol. The molecule has 0 radical (unpaired) electrons. The van der Waals surface area contributed by atoms with E-state index in [1.54, 1.807) is 29.2 Å². The number of furan rings is 1. The van der Waals surface area contributed by atoms with Gasteiger partial charge in [0.2, 0.25) is 0 Å². The molecule has 1 fully saturated rings. The Morgan fingerprint density at radius 1 is 1.14 bits per heavy atom. The summed E-state index contributed by atoms with van der Waals surface area (Å²) < 4.78 is 19.6. The highest BCUT2D eigenvalue weighted by molar-refractivity contribution is 8.26. The Morgan fingerprint density at radius 3 is 2.68 bits per heavy atom. The van der Waals surface area contributed by atoms with Crippen LogP contribution in [-0.2, 0) is 11.3 Å². The summed E-state index contributed by atoms with van der Waals surface area (Å²) in [6, 6.07) is 17.6. The number of benzene rings is 2. The minimum atomic E-state index is -0.487. The second kappa shape index (κ2) is 7.91. The van der Waals surface area contributed by atoms with E-state index in [1.807, 2.05) is 30.3 Å². The first-order valence-electron chi connectivity index (χ1n) is 8.36. The van der Waals surface area contributed by atoms with Gasteiger partial charge >= 0.3 is 0 Å². The molecule has 1 saturated heterocycles. The van der Waals surface area contributed by atoms with Crippen LogP contribution in [0.2, 0.25) is 5.02 Å². The number of carbonyl (C=O) groups is 1. The number of hydrogen-bond donors (Lipinski definition) is 0. The third-order valence-electron chi connectivity index (χ3n) is 4.16. The number of thioether (sulfide) groups is 1. The SMILES string of the molecule is O=C1/C(=C\c2ccc(-c3ccc(F)c(Cl)c3)o2)SC(=S)N1Cc1ccccc1. The average molecular weight is 430 g/mol. The number of rotatable bonds is 4. The topological polar surface area (TPSA) is 33.5 Å². The van der Waals surface area contributed by atoms with E-state index in [1.165, 1.54) is 23.9 Å². The average Bonchev–Trinajstić information content (AvgIpc) is 3.25. The Bertz CT molecular complexity index is 1090. The molecule has 3 aromatic rings. The summed E-state index contributed by atoms with van der Waals surface area (Å²) >= 11 is 12.4. The molecule has 7 heteroatoms. The first-order valence-corrected chi connectivity index (χ1v) is 9.96. The predicted octanol–water partition coefficient (Wildman–Crippen LogP) is 6.14. The first kappa shape index (κ1) is 18.9. The van der Waals surface area contributed by atoms with Gasteiger partial charge in [-0.25, -0.2) is 4.39 Å². The fourth-order valence-electron chi connectivity index (χ4n) is 2.77. The molecular formula is C21H13ClFNO2S2. The smallest absolute Gasteiger partial charge is 0.266 e. The van der Waals surface area contributed by atoms with Crippen LogP contribution >= 0.6 is 35.6 Å². The van der Waals surface area contributed by atoms with E-state index in [0.717, 1.165) is 5.56 Å². The molecule has 0 aliphatic carbocycles. The summed E-state index contributed by atoms with van der Waals surface area (Å²) in [6.45, 7) is 0.431. The highest BCUT2D eigenvalue weighted by Crippen LogP contribution is 2.35. The molecule has 140 valence electrons. The molecule has 0 N–H and O–H groups in total. The molecule has 0 bridgehead atoms. The molecule has 1 aliphatic heterocycles. The second-order valence-corrected chi connectivity index (χ2v) is 8.17. The normalized spacial score (nSPS) is 15.6. The number of carbonyl (C=O) groups excluding carboxylic acids is 1. The van der Waals surface area contributed by atoms with Crippen molar-refractivity contribution in [2.75, 3.05) is 0 Å². The highest BCUT2D eigenvalue weighted by Gasteiger charge is 2.32. The van der Waals surface area contributed by atoms with Crippen molar-refractivity contribution in [3.63, 3.8) is 0 Å². The van der Waals surface area contributed by atoms with Crippen LogP contribution in [0.1, 0.15) is 11.3 Å². The number of amides is 1. The lowest BCUT2D eigenvalue weighted by Crippen LogP contribution is -2.27. The van der Waals surface area contributed by atoms with Gasteiger partial charge in [0, 0.05) is 11.6 Å². The van der Waals surface area contributed by atoms with Gasteiger partial charge in [0.1, 0.15) is 21.7 Å². The van der Waals surface area contributed by atoms with E-state index < -0.39 is 5.82 Å². The first-order chi connectivity index (χ1) is 13.5. The van der Waals surface area contributed by atoms with Crippen molar-refractivity contribution >= 4 is 51.9 Å². The summed E-state index contributed by atoms with van der Waals surface area (Å²) in [4.78, 5) is 14.8. The number of hydrogen-bond acceptors (Lipinski definition) is 4. The van der Waals surface area contributed by atoms with Gasteiger partial charge in [0.15, 0.2) is 0 Å². The molecule has 1 aliphatic rings. The van der Waals surface area contributed by atoms with Crippen molar-refractivity contribution in [3.05, 3.63) is 87.7 Å². The van der Waals surface area contributed by atoms with Gasteiger partial charge in [0.25, 0.3) is 5.91 Å². The predicted molar refractivity (Wildman–Crippen MR) is 114 cm³/mol. The van der Waals surface area contributed by atoms with E-state index in [9.17, 15) is 9.18 Å². The van der Waals surface area contributed by atoms with Crippen molar-refractivity contribution in [3.8, 4) is 11.3 Å². The summed E-state index contributed by atoms with van der Waals surface area (Å²) in [7, 11) is 0. The molecule has 3 nitrogen and oxygen atoms in total. The summed E-state index contributed by atoms with van der Waals surface area (Å²) in [5.74, 6) is 0.407. The molecule has 0 spiro atoms. The lowest BCUT2D eigenvalue weighted by molar-refractivity contribution is -0.122. The van der Waals surface area contributed by atoms with Gasteiger partial charge in [-0.3, -0.25) is 9.69 Å². The van der Waals surface area contributed by atoms with Crippen molar-refractivity contribution in [1.82, 2.24) is 4.90 Å². The second-order valence-electron chi connectivity index (χ2n) is 6.08. The molecule has 2 heterocycles. The molecule has 2 aromatic carbocycles. The molecule has 4 rings (SSSR count). The van der Waals surface area contributed by atoms with Gasteiger partial charge in [-0.2, -0.15) is 0 Å². The number of thiocarbonyl (C=S) groups is 1. The van der Waals surface area contributed by atoms with Gasteiger partial charge in [-0.1, -0.05) is 65.9 Å². The highest BCUT2D eigenvalue weighted by atomic mass is 35.5. The number of halogens is 2. The minimum Gasteiger partial charge on any atom is -0.457 e. The lowest BCUT2D eigenvalue weighted by Gasteiger charge is -2.14. The van der Waals surface area contributed by atoms with Gasteiger partial charge in [0.05, 0.1) is 16.5 Å². The Morgan fingerprint density at radius 2 is 1.93 bits per heavy atom. The minimum absolute atomic E-state index is 0.0252. The van der Waals surface area contributed by atoms with Gasteiger partial charge in [-0.15, -0.1) is 0 Å². The molecular weight excluding hydrogens is 417 g/mol.